The van der Waals surface area contributed by atoms with Crippen molar-refractivity contribution in [2.75, 3.05) is 32.0 Å². The van der Waals surface area contributed by atoms with Crippen molar-refractivity contribution >= 4 is 17.2 Å². The lowest BCUT2D eigenvalue weighted by Gasteiger charge is -2.31. The fraction of sp³-hybridized carbons (Fsp3) is 0.344. The molecule has 5 rings (SSSR count). The average Bonchev–Trinajstić information content (AvgIpc) is 3.13. The molecule has 0 amide bonds. The average molecular weight is 529 g/mol. The first-order valence-electron chi connectivity index (χ1n) is 13.4. The Balaban J connectivity index is 1.60. The molecule has 3 aromatic carbocycles. The Morgan fingerprint density at radius 3 is 2.21 bits per heavy atom. The highest BCUT2D eigenvalue weighted by atomic mass is 16.5. The lowest BCUT2D eigenvalue weighted by Crippen LogP contribution is -2.27. The molecule has 0 saturated carbocycles. The van der Waals surface area contributed by atoms with E-state index in [1.165, 1.54) is 0 Å². The minimum atomic E-state index is -0.357. The Morgan fingerprint density at radius 1 is 0.872 bits per heavy atom. The topological polar surface area (TPSA) is 78.1 Å². The molecule has 3 atom stereocenters. The summed E-state index contributed by atoms with van der Waals surface area (Å²) in [6.45, 7) is 4.17. The first-order chi connectivity index (χ1) is 19.0. The number of para-hydroxylation sites is 3. The van der Waals surface area contributed by atoms with Crippen molar-refractivity contribution in [3.63, 3.8) is 0 Å². The number of nitrogens with one attached hydrogen (secondary N) is 2. The van der Waals surface area contributed by atoms with Gasteiger partial charge >= 0.3 is 0 Å². The van der Waals surface area contributed by atoms with E-state index in [4.69, 9.17) is 18.9 Å². The second kappa shape index (κ2) is 11.3. The van der Waals surface area contributed by atoms with Crippen LogP contribution in [0.5, 0.6) is 23.0 Å². The number of hydrogen-bond donors (Lipinski definition) is 2. The molecule has 7 nitrogen and oxygen atoms in total. The number of carbonyl (C=O) groups excluding carboxylic acids is 1. The number of allylic oxidation sites excluding steroid dienone is 1. The predicted molar refractivity (Wildman–Crippen MR) is 153 cm³/mol. The van der Waals surface area contributed by atoms with E-state index in [9.17, 15) is 4.79 Å². The van der Waals surface area contributed by atoms with Gasteiger partial charge in [-0.1, -0.05) is 37.3 Å². The van der Waals surface area contributed by atoms with Crippen LogP contribution in [0.3, 0.4) is 0 Å². The molecule has 0 saturated heterocycles. The van der Waals surface area contributed by atoms with Crippen LogP contribution in [-0.4, -0.2) is 33.2 Å². The third-order valence-electron chi connectivity index (χ3n) is 7.60. The van der Waals surface area contributed by atoms with Gasteiger partial charge in [0.05, 0.1) is 44.8 Å². The summed E-state index contributed by atoms with van der Waals surface area (Å²) >= 11 is 0. The van der Waals surface area contributed by atoms with Crippen molar-refractivity contribution in [3.8, 4) is 23.0 Å². The van der Waals surface area contributed by atoms with Gasteiger partial charge in [-0.05, 0) is 61.6 Å². The third kappa shape index (κ3) is 5.13. The molecule has 0 spiro atoms. The molecule has 0 bridgehead atoms. The van der Waals surface area contributed by atoms with Crippen molar-refractivity contribution in [1.29, 1.82) is 0 Å². The van der Waals surface area contributed by atoms with E-state index in [1.807, 2.05) is 60.7 Å². The number of ether oxygens (including phenoxy) is 4. The summed E-state index contributed by atoms with van der Waals surface area (Å²) in [5.41, 5.74) is 5.44. The van der Waals surface area contributed by atoms with Crippen LogP contribution < -0.4 is 29.6 Å². The highest BCUT2D eigenvalue weighted by Gasteiger charge is 2.37. The second-order valence-corrected chi connectivity index (χ2v) is 10.0. The van der Waals surface area contributed by atoms with E-state index >= 15 is 0 Å². The molecule has 0 aromatic heterocycles. The number of benzene rings is 3. The van der Waals surface area contributed by atoms with E-state index in [-0.39, 0.29) is 23.8 Å². The van der Waals surface area contributed by atoms with E-state index in [2.05, 4.69) is 24.5 Å². The Morgan fingerprint density at radius 2 is 1.54 bits per heavy atom. The van der Waals surface area contributed by atoms with Gasteiger partial charge in [0.2, 0.25) is 5.75 Å². The standard InChI is InChI=1S/C32H36N2O5/c1-6-19(2)39-27-14-10-7-11-22(27)31-30-25(33-23-12-8-9-13-24(23)34-31)15-20(16-26(30)35)21-17-28(36-3)32(38-5)29(18-21)37-4/h7-14,17-20,31,33-34H,6,15-16H2,1-5H3. The fourth-order valence-corrected chi connectivity index (χ4v) is 5.42. The van der Waals surface area contributed by atoms with Crippen LogP contribution in [0.15, 0.2) is 71.9 Å². The highest BCUT2D eigenvalue weighted by Crippen LogP contribution is 2.48. The maximum atomic E-state index is 14.1. The van der Waals surface area contributed by atoms with Gasteiger partial charge in [0.25, 0.3) is 0 Å². The Labute approximate surface area is 230 Å². The van der Waals surface area contributed by atoms with Gasteiger partial charge in [-0.2, -0.15) is 0 Å². The monoisotopic (exact) mass is 528 g/mol. The number of carbonyl (C=O) groups is 1. The molecule has 39 heavy (non-hydrogen) atoms. The molecule has 2 N–H and O–H groups in total. The summed E-state index contributed by atoms with van der Waals surface area (Å²) in [6, 6.07) is 19.6. The number of fused-ring (bicyclic) bond motifs is 1. The third-order valence-corrected chi connectivity index (χ3v) is 7.60. The zero-order chi connectivity index (χ0) is 27.5. The summed E-state index contributed by atoms with van der Waals surface area (Å²) in [5, 5.41) is 7.28. The number of methoxy groups -OCH3 is 3. The molecular weight excluding hydrogens is 492 g/mol. The van der Waals surface area contributed by atoms with Crippen LogP contribution >= 0.6 is 0 Å². The summed E-state index contributed by atoms with van der Waals surface area (Å²) in [7, 11) is 4.80. The number of Topliss-reactive ketones (excluding diaryl/α,β-unsaturated/α-hetero) is 1. The second-order valence-electron chi connectivity index (χ2n) is 10.0. The molecule has 3 aromatic rings. The molecule has 3 unspecified atom stereocenters. The van der Waals surface area contributed by atoms with Crippen LogP contribution in [0.1, 0.15) is 56.2 Å². The van der Waals surface area contributed by atoms with Crippen LogP contribution in [0.25, 0.3) is 0 Å². The van der Waals surface area contributed by atoms with Crippen molar-refractivity contribution in [3.05, 3.63) is 83.1 Å². The molecule has 7 heteroatoms. The first kappa shape index (κ1) is 26.5. The van der Waals surface area contributed by atoms with E-state index in [0.717, 1.165) is 45.9 Å². The molecule has 1 aliphatic carbocycles. The van der Waals surface area contributed by atoms with Gasteiger partial charge in [0.1, 0.15) is 5.75 Å². The number of hydrogen-bond acceptors (Lipinski definition) is 7. The summed E-state index contributed by atoms with van der Waals surface area (Å²) in [4.78, 5) is 14.1. The molecule has 1 heterocycles. The van der Waals surface area contributed by atoms with Crippen LogP contribution in [0.2, 0.25) is 0 Å². The van der Waals surface area contributed by atoms with E-state index < -0.39 is 0 Å². The normalized spacial score (nSPS) is 19.1. The quantitative estimate of drug-likeness (QED) is 0.330. The van der Waals surface area contributed by atoms with Crippen molar-refractivity contribution in [2.24, 2.45) is 0 Å². The lowest BCUT2D eigenvalue weighted by atomic mass is 9.78. The zero-order valence-electron chi connectivity index (χ0n) is 23.2. The SMILES string of the molecule is CCC(C)Oc1ccccc1C1Nc2ccccc2NC2=C1C(=O)CC(c1cc(OC)c(OC)c(OC)c1)C2. The van der Waals surface area contributed by atoms with E-state index in [1.54, 1.807) is 21.3 Å². The van der Waals surface area contributed by atoms with Crippen LogP contribution in [0, 0.1) is 0 Å². The molecule has 2 aliphatic rings. The molecule has 1 aliphatic heterocycles. The lowest BCUT2D eigenvalue weighted by molar-refractivity contribution is -0.116. The van der Waals surface area contributed by atoms with Gasteiger partial charge in [0, 0.05) is 23.3 Å². The molecular formula is C32H36N2O5. The van der Waals surface area contributed by atoms with Crippen molar-refractivity contribution in [2.45, 2.75) is 51.2 Å². The minimum absolute atomic E-state index is 0.0576. The van der Waals surface area contributed by atoms with Gasteiger partial charge in [0.15, 0.2) is 17.3 Å². The number of ketones is 1. The van der Waals surface area contributed by atoms with Crippen molar-refractivity contribution in [1.82, 2.24) is 0 Å². The fourth-order valence-electron chi connectivity index (χ4n) is 5.42. The van der Waals surface area contributed by atoms with Crippen molar-refractivity contribution < 1.29 is 23.7 Å². The Bertz CT molecular complexity index is 1370. The number of anilines is 2. The Kier molecular flexibility index (Phi) is 7.68. The molecule has 0 fully saturated rings. The summed E-state index contributed by atoms with van der Waals surface area (Å²) in [6.07, 6.45) is 1.96. The number of rotatable bonds is 8. The van der Waals surface area contributed by atoms with Gasteiger partial charge in [-0.3, -0.25) is 4.79 Å². The predicted octanol–water partition coefficient (Wildman–Crippen LogP) is 6.87. The smallest absolute Gasteiger partial charge is 0.203 e. The van der Waals surface area contributed by atoms with E-state index in [0.29, 0.717) is 30.1 Å². The van der Waals surface area contributed by atoms with Crippen LogP contribution in [0.4, 0.5) is 11.4 Å². The Hall–Kier alpha value is -4.13. The maximum absolute atomic E-state index is 14.1. The zero-order valence-corrected chi connectivity index (χ0v) is 23.2. The van der Waals surface area contributed by atoms with Gasteiger partial charge < -0.3 is 29.6 Å². The van der Waals surface area contributed by atoms with Crippen LogP contribution in [-0.2, 0) is 4.79 Å². The summed E-state index contributed by atoms with van der Waals surface area (Å²) < 4.78 is 23.0. The molecule has 0 radical (unpaired) electrons. The minimum Gasteiger partial charge on any atom is -0.493 e. The largest absolute Gasteiger partial charge is 0.493 e. The molecule has 204 valence electrons. The maximum Gasteiger partial charge on any atom is 0.203 e. The van der Waals surface area contributed by atoms with Gasteiger partial charge in [-0.25, -0.2) is 0 Å². The first-order valence-corrected chi connectivity index (χ1v) is 13.4. The summed E-state index contributed by atoms with van der Waals surface area (Å²) in [5.74, 6) is 2.51. The highest BCUT2D eigenvalue weighted by molar-refractivity contribution is 6.01. The van der Waals surface area contributed by atoms with Gasteiger partial charge in [-0.15, -0.1) is 0 Å².